The molecule has 0 radical (unpaired) electrons. The molecule has 0 aliphatic rings. The summed E-state index contributed by atoms with van der Waals surface area (Å²) < 4.78 is 6.91. The summed E-state index contributed by atoms with van der Waals surface area (Å²) in [7, 11) is 1.57. The molecular weight excluding hydrogens is 360 g/mol. The van der Waals surface area contributed by atoms with Crippen molar-refractivity contribution in [3.05, 3.63) is 54.0 Å². The molecular formula is C20H22N4O2S. The molecule has 0 fully saturated rings. The third-order valence-corrected chi connectivity index (χ3v) is 5.07. The smallest absolute Gasteiger partial charge is 0.269 e. The first-order chi connectivity index (χ1) is 13.0. The van der Waals surface area contributed by atoms with Crippen LogP contribution in [-0.2, 0) is 0 Å². The van der Waals surface area contributed by atoms with Gasteiger partial charge < -0.3 is 15.4 Å². The van der Waals surface area contributed by atoms with Gasteiger partial charge in [0.1, 0.15) is 17.2 Å². The van der Waals surface area contributed by atoms with E-state index >= 15 is 0 Å². The number of anilines is 1. The van der Waals surface area contributed by atoms with E-state index in [9.17, 15) is 4.79 Å². The molecule has 6 nitrogen and oxygen atoms in total. The van der Waals surface area contributed by atoms with Gasteiger partial charge in [0, 0.05) is 31.6 Å². The molecule has 1 amide bonds. The maximum atomic E-state index is 11.7. The summed E-state index contributed by atoms with van der Waals surface area (Å²) in [5, 5.41) is 6.65. The zero-order chi connectivity index (χ0) is 19.4. The van der Waals surface area contributed by atoms with Gasteiger partial charge in [-0.05, 0) is 31.0 Å². The second-order valence-corrected chi connectivity index (χ2v) is 7.42. The molecule has 0 saturated heterocycles. The van der Waals surface area contributed by atoms with Crippen LogP contribution in [0.3, 0.4) is 0 Å². The van der Waals surface area contributed by atoms with E-state index < -0.39 is 0 Å². The number of aromatic nitrogens is 2. The minimum absolute atomic E-state index is 0.251. The molecule has 140 valence electrons. The summed E-state index contributed by atoms with van der Waals surface area (Å²) in [4.78, 5) is 20.3. The Balaban J connectivity index is 1.79. The molecule has 2 N–H and O–H groups in total. The number of carbonyl (C=O) groups is 1. The third-order valence-electron chi connectivity index (χ3n) is 4.12. The molecule has 2 heterocycles. The van der Waals surface area contributed by atoms with Crippen LogP contribution in [0.25, 0.3) is 10.2 Å². The van der Waals surface area contributed by atoms with Crippen LogP contribution < -0.4 is 15.4 Å². The Morgan fingerprint density at radius 1 is 1.22 bits per heavy atom. The highest BCUT2D eigenvalue weighted by Crippen LogP contribution is 2.31. The second kappa shape index (κ2) is 8.18. The quantitative estimate of drug-likeness (QED) is 0.639. The van der Waals surface area contributed by atoms with Crippen LogP contribution in [0.4, 0.5) is 5.13 Å². The van der Waals surface area contributed by atoms with Gasteiger partial charge in [0.2, 0.25) is 0 Å². The van der Waals surface area contributed by atoms with Gasteiger partial charge in [-0.2, -0.15) is 0 Å². The lowest BCUT2D eigenvalue weighted by Gasteiger charge is -2.06. The molecule has 0 spiro atoms. The van der Waals surface area contributed by atoms with Crippen LogP contribution in [0.1, 0.15) is 31.3 Å². The number of fused-ring (bicyclic) bond motifs is 1. The molecule has 7 heteroatoms. The summed E-state index contributed by atoms with van der Waals surface area (Å²) in [5.74, 6) is 1.48. The number of rotatable bonds is 6. The van der Waals surface area contributed by atoms with Crippen molar-refractivity contribution < 1.29 is 9.53 Å². The molecule has 3 aromatic rings. The van der Waals surface area contributed by atoms with Crippen LogP contribution in [0, 0.1) is 5.92 Å². The third kappa shape index (κ3) is 4.62. The molecule has 27 heavy (non-hydrogen) atoms. The number of carbonyl (C=O) groups excluding carboxylic acids is 1. The van der Waals surface area contributed by atoms with Crippen LogP contribution in [-0.4, -0.2) is 22.9 Å². The maximum absolute atomic E-state index is 11.7. The Kier molecular flexibility index (Phi) is 5.71. The summed E-state index contributed by atoms with van der Waals surface area (Å²) in [6, 6.07) is 9.06. The Hall–Kier alpha value is -2.93. The number of benzene rings is 1. The summed E-state index contributed by atoms with van der Waals surface area (Å²) in [5.41, 5.74) is 2.49. The highest BCUT2D eigenvalue weighted by molar-refractivity contribution is 7.22. The fraction of sp³-hybridized carbons (Fsp3) is 0.250. The Bertz CT molecular complexity index is 995. The minimum atomic E-state index is -0.251. The molecule has 2 aromatic heterocycles. The first-order valence-corrected chi connectivity index (χ1v) is 9.47. The van der Waals surface area contributed by atoms with E-state index in [1.165, 1.54) is 5.57 Å². The first kappa shape index (κ1) is 18.8. The molecule has 0 saturated carbocycles. The van der Waals surface area contributed by atoms with Crippen molar-refractivity contribution in [2.75, 3.05) is 12.4 Å². The van der Waals surface area contributed by atoms with Gasteiger partial charge in [0.25, 0.3) is 5.91 Å². The van der Waals surface area contributed by atoms with Gasteiger partial charge in [-0.1, -0.05) is 30.8 Å². The fourth-order valence-electron chi connectivity index (χ4n) is 2.24. The number of nitrogens with zero attached hydrogens (tertiary/aromatic N) is 2. The van der Waals surface area contributed by atoms with Gasteiger partial charge in [0.05, 0.1) is 10.2 Å². The van der Waals surface area contributed by atoms with Crippen molar-refractivity contribution in [3.8, 4) is 11.5 Å². The highest BCUT2D eigenvalue weighted by Gasteiger charge is 2.09. The number of amides is 1. The Labute approximate surface area is 162 Å². The minimum Gasteiger partial charge on any atom is -0.457 e. The van der Waals surface area contributed by atoms with Crippen LogP contribution in [0.2, 0.25) is 0 Å². The molecule has 0 aliphatic carbocycles. The number of nitrogens with one attached hydrogen (secondary N) is 2. The average Bonchev–Trinajstić information content (AvgIpc) is 3.07. The highest BCUT2D eigenvalue weighted by atomic mass is 32.1. The van der Waals surface area contributed by atoms with Gasteiger partial charge in [0.15, 0.2) is 5.13 Å². The summed E-state index contributed by atoms with van der Waals surface area (Å²) in [6.45, 7) is 6.41. The van der Waals surface area contributed by atoms with Gasteiger partial charge >= 0.3 is 0 Å². The largest absolute Gasteiger partial charge is 0.457 e. The first-order valence-electron chi connectivity index (χ1n) is 8.66. The van der Waals surface area contributed by atoms with E-state index in [0.29, 0.717) is 23.1 Å². The van der Waals surface area contributed by atoms with E-state index in [0.717, 1.165) is 15.3 Å². The van der Waals surface area contributed by atoms with Crippen LogP contribution in [0.5, 0.6) is 11.5 Å². The van der Waals surface area contributed by atoms with E-state index in [1.807, 2.05) is 24.4 Å². The lowest BCUT2D eigenvalue weighted by Crippen LogP contribution is -2.18. The van der Waals surface area contributed by atoms with Crippen molar-refractivity contribution in [1.82, 2.24) is 15.3 Å². The van der Waals surface area contributed by atoms with Gasteiger partial charge in [-0.25, -0.2) is 4.98 Å². The maximum Gasteiger partial charge on any atom is 0.269 e. The van der Waals surface area contributed by atoms with E-state index in [1.54, 1.807) is 36.7 Å². The predicted molar refractivity (Wildman–Crippen MR) is 110 cm³/mol. The average molecular weight is 382 g/mol. The van der Waals surface area contributed by atoms with Gasteiger partial charge in [-0.15, -0.1) is 0 Å². The molecule has 0 bridgehead atoms. The Morgan fingerprint density at radius 3 is 2.74 bits per heavy atom. The van der Waals surface area contributed by atoms with Crippen molar-refractivity contribution >= 4 is 32.6 Å². The number of ether oxygens (including phenoxy) is 1. The fourth-order valence-corrected chi connectivity index (χ4v) is 3.10. The van der Waals surface area contributed by atoms with Crippen LogP contribution >= 0.6 is 11.3 Å². The zero-order valence-electron chi connectivity index (χ0n) is 15.7. The number of hydrogen-bond acceptors (Lipinski definition) is 6. The molecule has 1 aromatic carbocycles. The number of hydrogen-bond donors (Lipinski definition) is 2. The summed E-state index contributed by atoms with van der Waals surface area (Å²) >= 11 is 1.56. The monoisotopic (exact) mass is 382 g/mol. The van der Waals surface area contributed by atoms with E-state index in [2.05, 4.69) is 41.4 Å². The number of pyridine rings is 1. The van der Waals surface area contributed by atoms with Crippen molar-refractivity contribution in [2.24, 2.45) is 5.92 Å². The predicted octanol–water partition coefficient (Wildman–Crippen LogP) is 4.81. The van der Waals surface area contributed by atoms with Crippen molar-refractivity contribution in [2.45, 2.75) is 20.8 Å². The molecule has 3 rings (SSSR count). The Morgan fingerprint density at radius 2 is 2.00 bits per heavy atom. The van der Waals surface area contributed by atoms with Crippen LogP contribution in [0.15, 0.2) is 48.3 Å². The SMILES string of the molecule is CNC(=O)c1cc(Oc2ccc3nc(NC=C(C)C(C)C)sc3c2)ccn1. The molecule has 0 atom stereocenters. The normalized spacial score (nSPS) is 11.7. The van der Waals surface area contributed by atoms with Crippen molar-refractivity contribution in [3.63, 3.8) is 0 Å². The lowest BCUT2D eigenvalue weighted by atomic mass is 10.1. The number of thiazole rings is 1. The molecule has 0 aliphatic heterocycles. The van der Waals surface area contributed by atoms with Gasteiger partial charge in [-0.3, -0.25) is 9.78 Å². The second-order valence-electron chi connectivity index (χ2n) is 6.39. The summed E-state index contributed by atoms with van der Waals surface area (Å²) in [6.07, 6.45) is 3.55. The zero-order valence-corrected chi connectivity index (χ0v) is 16.6. The molecule has 0 unspecified atom stereocenters. The standard InChI is InChI=1S/C20H22N4O2S/c1-12(2)13(3)11-23-20-24-16-6-5-14(10-18(16)27-20)26-15-7-8-22-17(9-15)19(25)21-4/h5-12H,1-4H3,(H,21,25)(H,23,24). The van der Waals surface area contributed by atoms with E-state index in [-0.39, 0.29) is 5.91 Å². The topological polar surface area (TPSA) is 76.1 Å². The lowest BCUT2D eigenvalue weighted by molar-refractivity contribution is 0.0958. The van der Waals surface area contributed by atoms with Crippen molar-refractivity contribution in [1.29, 1.82) is 0 Å². The van der Waals surface area contributed by atoms with E-state index in [4.69, 9.17) is 4.74 Å². The number of allylic oxidation sites excluding steroid dienone is 1.